The van der Waals surface area contributed by atoms with Gasteiger partial charge in [-0.1, -0.05) is 0 Å². The van der Waals surface area contributed by atoms with E-state index in [0.717, 1.165) is 26.2 Å². The average Bonchev–Trinajstić information content (AvgIpc) is 3.19. The first-order valence-electron chi connectivity index (χ1n) is 7.74. The molecule has 3 rings (SSSR count). The lowest BCUT2D eigenvalue weighted by Crippen LogP contribution is -2.48. The van der Waals surface area contributed by atoms with Crippen LogP contribution >= 0.6 is 11.3 Å². The van der Waals surface area contributed by atoms with Crippen LogP contribution < -0.4 is 0 Å². The second-order valence-electron chi connectivity index (χ2n) is 6.18. The first-order chi connectivity index (χ1) is 10.7. The molecular weight excluding hydrogens is 298 g/mol. The summed E-state index contributed by atoms with van der Waals surface area (Å²) in [5.41, 5.74) is 0.484. The van der Waals surface area contributed by atoms with Crippen LogP contribution in [0.5, 0.6) is 0 Å². The van der Waals surface area contributed by atoms with Gasteiger partial charge in [-0.3, -0.25) is 4.79 Å². The number of likely N-dealkylation sites (N-methyl/N-ethyl adjacent to an activating group) is 1. The van der Waals surface area contributed by atoms with Gasteiger partial charge in [0.1, 0.15) is 10.9 Å². The van der Waals surface area contributed by atoms with Crippen molar-refractivity contribution in [2.24, 2.45) is 5.92 Å². The third-order valence-electron chi connectivity index (χ3n) is 4.21. The van der Waals surface area contributed by atoms with Gasteiger partial charge in [-0.05, 0) is 37.3 Å². The van der Waals surface area contributed by atoms with Gasteiger partial charge in [0, 0.05) is 26.2 Å². The Bertz CT molecular complexity index is 576. The fraction of sp³-hybridized carbons (Fsp3) is 0.625. The van der Waals surface area contributed by atoms with Crippen molar-refractivity contribution in [1.82, 2.24) is 9.80 Å². The zero-order valence-corrected chi connectivity index (χ0v) is 13.6. The summed E-state index contributed by atoms with van der Waals surface area (Å²) in [4.78, 5) is 17.5. The topological polar surface area (TPSA) is 56.6 Å². The molecule has 0 spiro atoms. The molecule has 1 aromatic heterocycles. The van der Waals surface area contributed by atoms with E-state index in [1.54, 1.807) is 6.07 Å². The third kappa shape index (κ3) is 3.67. The average molecular weight is 319 g/mol. The Labute approximate surface area is 135 Å². The molecule has 2 heterocycles. The lowest BCUT2D eigenvalue weighted by Gasteiger charge is -2.34. The molecule has 0 unspecified atom stereocenters. The summed E-state index contributed by atoms with van der Waals surface area (Å²) in [6.07, 6.45) is 2.46. The maximum atomic E-state index is 12.8. The van der Waals surface area contributed by atoms with Crippen LogP contribution in [0.3, 0.4) is 0 Å². The Balaban J connectivity index is 1.71. The Hall–Kier alpha value is -1.42. The van der Waals surface area contributed by atoms with Crippen molar-refractivity contribution < 1.29 is 9.53 Å². The molecule has 2 aliphatic rings. The first-order valence-corrected chi connectivity index (χ1v) is 8.62. The van der Waals surface area contributed by atoms with Gasteiger partial charge in [0.05, 0.1) is 18.3 Å². The van der Waals surface area contributed by atoms with Crippen LogP contribution in [0.2, 0.25) is 0 Å². The Morgan fingerprint density at radius 3 is 3.05 bits per heavy atom. The number of ether oxygens (including phenoxy) is 1. The summed E-state index contributed by atoms with van der Waals surface area (Å²) in [6.45, 7) is 3.91. The summed E-state index contributed by atoms with van der Waals surface area (Å²) >= 11 is 1.36. The number of morpholine rings is 1. The molecule has 5 nitrogen and oxygen atoms in total. The van der Waals surface area contributed by atoms with Gasteiger partial charge in [0.2, 0.25) is 0 Å². The van der Waals surface area contributed by atoms with E-state index in [2.05, 4.69) is 18.0 Å². The number of nitrogens with zero attached hydrogens (tertiary/aromatic N) is 3. The van der Waals surface area contributed by atoms with Crippen molar-refractivity contribution in [1.29, 1.82) is 5.26 Å². The number of rotatable bonds is 5. The van der Waals surface area contributed by atoms with Crippen LogP contribution in [0, 0.1) is 17.2 Å². The number of hydrogen-bond acceptors (Lipinski definition) is 5. The minimum atomic E-state index is -0.0183. The lowest BCUT2D eigenvalue weighted by atomic mass is 10.2. The number of carbonyl (C=O) groups excluding carboxylic acids is 1. The van der Waals surface area contributed by atoms with Crippen molar-refractivity contribution in [3.05, 3.63) is 21.9 Å². The number of thiophene rings is 1. The zero-order valence-electron chi connectivity index (χ0n) is 12.8. The van der Waals surface area contributed by atoms with Crippen LogP contribution in [0.4, 0.5) is 0 Å². The van der Waals surface area contributed by atoms with Gasteiger partial charge in [-0.2, -0.15) is 5.26 Å². The fourth-order valence-corrected chi connectivity index (χ4v) is 3.59. The largest absolute Gasteiger partial charge is 0.374 e. The molecule has 118 valence electrons. The highest BCUT2D eigenvalue weighted by atomic mass is 32.1. The molecule has 1 amide bonds. The molecular formula is C16H21N3O2S. The minimum Gasteiger partial charge on any atom is -0.374 e. The normalized spacial score (nSPS) is 22.3. The predicted molar refractivity (Wildman–Crippen MR) is 84.9 cm³/mol. The summed E-state index contributed by atoms with van der Waals surface area (Å²) in [5, 5.41) is 11.0. The molecule has 0 radical (unpaired) electrons. The van der Waals surface area contributed by atoms with Gasteiger partial charge in [-0.15, -0.1) is 11.3 Å². The van der Waals surface area contributed by atoms with Crippen molar-refractivity contribution >= 4 is 17.2 Å². The molecule has 1 atom stereocenters. The van der Waals surface area contributed by atoms with Crippen molar-refractivity contribution in [3.8, 4) is 6.07 Å². The highest BCUT2D eigenvalue weighted by molar-refractivity contribution is 7.12. The Morgan fingerprint density at radius 1 is 1.55 bits per heavy atom. The van der Waals surface area contributed by atoms with Crippen molar-refractivity contribution in [2.75, 3.05) is 39.8 Å². The summed E-state index contributed by atoms with van der Waals surface area (Å²) in [6, 6.07) is 3.83. The maximum Gasteiger partial charge on any atom is 0.265 e. The van der Waals surface area contributed by atoms with Gasteiger partial charge >= 0.3 is 0 Å². The summed E-state index contributed by atoms with van der Waals surface area (Å²) < 4.78 is 5.81. The molecule has 2 fully saturated rings. The number of hydrogen-bond donors (Lipinski definition) is 0. The van der Waals surface area contributed by atoms with E-state index in [1.807, 2.05) is 10.3 Å². The maximum absolute atomic E-state index is 12.8. The SMILES string of the molecule is CN1CCO[C@H](CN(CC2CC2)C(=O)c2sccc2C#N)C1. The first kappa shape index (κ1) is 15.5. The standard InChI is InChI=1S/C16H21N3O2S/c1-18-5-6-21-14(10-18)11-19(9-12-2-3-12)16(20)15-13(8-17)4-7-22-15/h4,7,12,14H,2-3,5-6,9-11H2,1H3/t14-/m0/s1. The molecule has 1 aromatic rings. The zero-order chi connectivity index (χ0) is 15.5. The lowest BCUT2D eigenvalue weighted by molar-refractivity contribution is -0.0330. The molecule has 1 aliphatic carbocycles. The molecule has 1 aliphatic heterocycles. The van der Waals surface area contributed by atoms with E-state index in [4.69, 9.17) is 10.00 Å². The minimum absolute atomic E-state index is 0.0183. The highest BCUT2D eigenvalue weighted by Gasteiger charge is 2.31. The smallest absolute Gasteiger partial charge is 0.265 e. The fourth-order valence-electron chi connectivity index (χ4n) is 2.78. The van der Waals surface area contributed by atoms with Crippen LogP contribution in [0.25, 0.3) is 0 Å². The number of nitriles is 1. The molecule has 6 heteroatoms. The van der Waals surface area contributed by atoms with E-state index in [9.17, 15) is 4.79 Å². The van der Waals surface area contributed by atoms with Gasteiger partial charge in [0.25, 0.3) is 5.91 Å². The summed E-state index contributed by atoms with van der Waals surface area (Å²) in [5.74, 6) is 0.603. The van der Waals surface area contributed by atoms with Gasteiger partial charge in [0.15, 0.2) is 0 Å². The van der Waals surface area contributed by atoms with Crippen molar-refractivity contribution in [3.63, 3.8) is 0 Å². The number of amides is 1. The molecule has 1 saturated heterocycles. The van der Waals surface area contributed by atoms with Crippen LogP contribution in [-0.4, -0.2) is 61.6 Å². The monoisotopic (exact) mass is 319 g/mol. The molecule has 1 saturated carbocycles. The Morgan fingerprint density at radius 2 is 2.36 bits per heavy atom. The quantitative estimate of drug-likeness (QED) is 0.830. The van der Waals surface area contributed by atoms with Gasteiger partial charge in [-0.25, -0.2) is 0 Å². The van der Waals surface area contributed by atoms with E-state index in [-0.39, 0.29) is 12.0 Å². The highest BCUT2D eigenvalue weighted by Crippen LogP contribution is 2.31. The van der Waals surface area contributed by atoms with E-state index in [1.165, 1.54) is 24.2 Å². The van der Waals surface area contributed by atoms with E-state index in [0.29, 0.717) is 22.9 Å². The second kappa shape index (κ2) is 6.78. The van der Waals surface area contributed by atoms with Crippen LogP contribution in [0.1, 0.15) is 28.1 Å². The van der Waals surface area contributed by atoms with Crippen LogP contribution in [-0.2, 0) is 4.74 Å². The summed E-state index contributed by atoms with van der Waals surface area (Å²) in [7, 11) is 2.08. The van der Waals surface area contributed by atoms with E-state index < -0.39 is 0 Å². The van der Waals surface area contributed by atoms with Gasteiger partial charge < -0.3 is 14.5 Å². The molecule has 22 heavy (non-hydrogen) atoms. The van der Waals surface area contributed by atoms with Crippen molar-refractivity contribution in [2.45, 2.75) is 18.9 Å². The van der Waals surface area contributed by atoms with E-state index >= 15 is 0 Å². The number of carbonyl (C=O) groups is 1. The predicted octanol–water partition coefficient (Wildman–Crippen LogP) is 1.80. The second-order valence-corrected chi connectivity index (χ2v) is 7.10. The Kier molecular flexibility index (Phi) is 4.77. The molecule has 0 bridgehead atoms. The third-order valence-corrected chi connectivity index (χ3v) is 5.11. The van der Waals surface area contributed by atoms with Crippen LogP contribution in [0.15, 0.2) is 11.4 Å². The molecule has 0 N–H and O–H groups in total. The molecule has 0 aromatic carbocycles.